The van der Waals surface area contributed by atoms with Gasteiger partial charge in [0.15, 0.2) is 0 Å². The highest BCUT2D eigenvalue weighted by atomic mass is 35.5. The molecule has 25 heavy (non-hydrogen) atoms. The van der Waals surface area contributed by atoms with Gasteiger partial charge in [0.1, 0.15) is 0 Å². The van der Waals surface area contributed by atoms with E-state index in [0.29, 0.717) is 17.1 Å². The number of hydrogen-bond donors (Lipinski definition) is 2. The van der Waals surface area contributed by atoms with Crippen LogP contribution in [0.3, 0.4) is 0 Å². The maximum Gasteiger partial charge on any atom is 0.251 e. The van der Waals surface area contributed by atoms with Crippen LogP contribution in [0.1, 0.15) is 15.9 Å². The first kappa shape index (κ1) is 19.1. The van der Waals surface area contributed by atoms with Crippen LogP contribution < -0.4 is 10.6 Å². The van der Waals surface area contributed by atoms with Gasteiger partial charge in [0, 0.05) is 40.9 Å². The van der Waals surface area contributed by atoms with Crippen LogP contribution in [0.4, 0.5) is 0 Å². The van der Waals surface area contributed by atoms with Crippen molar-refractivity contribution in [1.82, 2.24) is 10.6 Å². The van der Waals surface area contributed by atoms with Gasteiger partial charge in [-0.15, -0.1) is 11.8 Å². The van der Waals surface area contributed by atoms with Crippen molar-refractivity contribution in [2.45, 2.75) is 4.90 Å². The molecule has 0 aromatic heterocycles. The van der Waals surface area contributed by atoms with E-state index in [9.17, 15) is 9.59 Å². The van der Waals surface area contributed by atoms with Crippen molar-refractivity contribution < 1.29 is 9.59 Å². The predicted octanol–water partition coefficient (Wildman–Crippen LogP) is 3.62. The number of carbonyl (C=O) groups excluding carboxylic acids is 2. The first-order valence-electron chi connectivity index (χ1n) is 7.75. The molecule has 0 aliphatic rings. The van der Waals surface area contributed by atoms with Crippen molar-refractivity contribution in [3.05, 3.63) is 70.8 Å². The lowest BCUT2D eigenvalue weighted by Crippen LogP contribution is -2.23. The summed E-state index contributed by atoms with van der Waals surface area (Å²) in [6.07, 6.45) is 3.21. The van der Waals surface area contributed by atoms with Gasteiger partial charge in [-0.2, -0.15) is 0 Å². The molecule has 6 heteroatoms. The largest absolute Gasteiger partial charge is 0.355 e. The zero-order chi connectivity index (χ0) is 18.1. The van der Waals surface area contributed by atoms with Gasteiger partial charge in [-0.25, -0.2) is 0 Å². The van der Waals surface area contributed by atoms with Crippen molar-refractivity contribution in [3.8, 4) is 0 Å². The Morgan fingerprint density at radius 2 is 1.76 bits per heavy atom. The Morgan fingerprint density at radius 1 is 1.08 bits per heavy atom. The van der Waals surface area contributed by atoms with Crippen LogP contribution in [0.5, 0.6) is 0 Å². The van der Waals surface area contributed by atoms with Crippen molar-refractivity contribution in [2.24, 2.45) is 0 Å². The normalized spacial score (nSPS) is 10.6. The topological polar surface area (TPSA) is 58.2 Å². The van der Waals surface area contributed by atoms with E-state index in [2.05, 4.69) is 10.6 Å². The molecule has 0 heterocycles. The molecule has 0 spiro atoms. The minimum atomic E-state index is -0.146. The number of hydrogen-bond acceptors (Lipinski definition) is 3. The van der Waals surface area contributed by atoms with Gasteiger partial charge in [0.25, 0.3) is 5.91 Å². The van der Waals surface area contributed by atoms with Gasteiger partial charge < -0.3 is 10.6 Å². The van der Waals surface area contributed by atoms with Gasteiger partial charge in [0.05, 0.1) is 0 Å². The van der Waals surface area contributed by atoms with E-state index in [-0.39, 0.29) is 11.8 Å². The van der Waals surface area contributed by atoms with Gasteiger partial charge in [-0.05, 0) is 48.0 Å². The zero-order valence-corrected chi connectivity index (χ0v) is 15.4. The van der Waals surface area contributed by atoms with Crippen LogP contribution in [-0.4, -0.2) is 31.2 Å². The Kier molecular flexibility index (Phi) is 7.57. The fourth-order valence-corrected chi connectivity index (χ4v) is 2.89. The van der Waals surface area contributed by atoms with Crippen LogP contribution >= 0.6 is 23.4 Å². The highest BCUT2D eigenvalue weighted by Gasteiger charge is 2.01. The SMILES string of the molecule is CNC(=O)c1ccc(/C=C/C(=O)NCCSc2ccc(Cl)cc2)cc1. The molecule has 2 N–H and O–H groups in total. The summed E-state index contributed by atoms with van der Waals surface area (Å²) in [5, 5.41) is 6.12. The molecule has 2 aromatic rings. The maximum atomic E-state index is 11.8. The fourth-order valence-electron chi connectivity index (χ4n) is 1.99. The summed E-state index contributed by atoms with van der Waals surface area (Å²) in [5.41, 5.74) is 1.45. The summed E-state index contributed by atoms with van der Waals surface area (Å²) in [5.74, 6) is 0.501. The van der Waals surface area contributed by atoms with Crippen LogP contribution in [0.15, 0.2) is 59.5 Å². The highest BCUT2D eigenvalue weighted by molar-refractivity contribution is 7.99. The first-order chi connectivity index (χ1) is 12.1. The average molecular weight is 375 g/mol. The number of amides is 2. The van der Waals surface area contributed by atoms with Crippen molar-refractivity contribution in [2.75, 3.05) is 19.3 Å². The average Bonchev–Trinajstić information content (AvgIpc) is 2.64. The van der Waals surface area contributed by atoms with Crippen LogP contribution in [-0.2, 0) is 4.79 Å². The molecule has 0 saturated heterocycles. The van der Waals surface area contributed by atoms with Gasteiger partial charge in [0.2, 0.25) is 5.91 Å². The molecule has 4 nitrogen and oxygen atoms in total. The summed E-state index contributed by atoms with van der Waals surface area (Å²) in [6, 6.07) is 14.6. The summed E-state index contributed by atoms with van der Waals surface area (Å²) < 4.78 is 0. The third-order valence-electron chi connectivity index (χ3n) is 3.31. The molecule has 0 saturated carbocycles. The van der Waals surface area contributed by atoms with Crippen LogP contribution in [0, 0.1) is 0 Å². The lowest BCUT2D eigenvalue weighted by molar-refractivity contribution is -0.116. The molecule has 2 aromatic carbocycles. The summed E-state index contributed by atoms with van der Waals surface area (Å²) in [7, 11) is 1.59. The number of nitrogens with one attached hydrogen (secondary N) is 2. The molecule has 0 radical (unpaired) electrons. The lowest BCUT2D eigenvalue weighted by atomic mass is 10.1. The molecule has 0 aliphatic carbocycles. The van der Waals surface area contributed by atoms with E-state index < -0.39 is 0 Å². The van der Waals surface area contributed by atoms with Gasteiger partial charge >= 0.3 is 0 Å². The number of carbonyl (C=O) groups is 2. The Labute approximate surface area is 156 Å². The summed E-state index contributed by atoms with van der Waals surface area (Å²) in [6.45, 7) is 0.575. The minimum absolute atomic E-state index is 0.133. The van der Waals surface area contributed by atoms with Crippen molar-refractivity contribution >= 4 is 41.3 Å². The van der Waals surface area contributed by atoms with E-state index in [0.717, 1.165) is 16.2 Å². The molecular weight excluding hydrogens is 356 g/mol. The van der Waals surface area contributed by atoms with E-state index in [1.807, 2.05) is 24.3 Å². The lowest BCUT2D eigenvalue weighted by Gasteiger charge is -2.03. The molecule has 0 bridgehead atoms. The molecule has 0 unspecified atom stereocenters. The Bertz CT molecular complexity index is 743. The maximum absolute atomic E-state index is 11.8. The number of benzene rings is 2. The minimum Gasteiger partial charge on any atom is -0.355 e. The van der Waals surface area contributed by atoms with Crippen LogP contribution in [0.25, 0.3) is 6.08 Å². The Hall–Kier alpha value is -2.24. The fraction of sp³-hybridized carbons (Fsp3) is 0.158. The molecule has 2 rings (SSSR count). The standard InChI is InChI=1S/C19H19ClN2O2S/c1-21-19(24)15-5-2-14(3-6-15)4-11-18(23)22-12-13-25-17-9-7-16(20)8-10-17/h2-11H,12-13H2,1H3,(H,21,24)(H,22,23)/b11-4+. The van der Waals surface area contributed by atoms with Crippen molar-refractivity contribution in [3.63, 3.8) is 0 Å². The quantitative estimate of drug-likeness (QED) is 0.442. The Morgan fingerprint density at radius 3 is 2.40 bits per heavy atom. The van der Waals surface area contributed by atoms with E-state index >= 15 is 0 Å². The van der Waals surface area contributed by atoms with E-state index in [4.69, 9.17) is 11.6 Å². The highest BCUT2D eigenvalue weighted by Crippen LogP contribution is 2.19. The molecular formula is C19H19ClN2O2S. The third-order valence-corrected chi connectivity index (χ3v) is 4.58. The third kappa shape index (κ3) is 6.64. The van der Waals surface area contributed by atoms with Crippen LogP contribution in [0.2, 0.25) is 5.02 Å². The number of thioether (sulfide) groups is 1. The second-order valence-corrected chi connectivity index (χ2v) is 6.73. The molecule has 130 valence electrons. The molecule has 0 aliphatic heterocycles. The Balaban J connectivity index is 1.73. The van der Waals surface area contributed by atoms with E-state index in [1.165, 1.54) is 6.08 Å². The molecule has 0 fully saturated rings. The van der Waals surface area contributed by atoms with Gasteiger partial charge in [-0.3, -0.25) is 9.59 Å². The first-order valence-corrected chi connectivity index (χ1v) is 9.11. The monoisotopic (exact) mass is 374 g/mol. The molecule has 2 amide bonds. The second-order valence-electron chi connectivity index (χ2n) is 5.13. The number of halogens is 1. The molecule has 0 atom stereocenters. The number of rotatable bonds is 7. The summed E-state index contributed by atoms with van der Waals surface area (Å²) in [4.78, 5) is 24.4. The summed E-state index contributed by atoms with van der Waals surface area (Å²) >= 11 is 7.49. The van der Waals surface area contributed by atoms with E-state index in [1.54, 1.807) is 49.2 Å². The second kappa shape index (κ2) is 9.91. The smallest absolute Gasteiger partial charge is 0.251 e. The van der Waals surface area contributed by atoms with Crippen molar-refractivity contribution in [1.29, 1.82) is 0 Å². The zero-order valence-electron chi connectivity index (χ0n) is 13.8. The predicted molar refractivity (Wildman–Crippen MR) is 104 cm³/mol. The van der Waals surface area contributed by atoms with Gasteiger partial charge in [-0.1, -0.05) is 23.7 Å².